The number of fused-ring (bicyclic) bond motifs is 2. The molecule has 4 atom stereocenters. The maximum Gasteiger partial charge on any atom is 0.308 e. The molecule has 0 spiro atoms. The summed E-state index contributed by atoms with van der Waals surface area (Å²) in [5.74, 6) is -0.281. The van der Waals surface area contributed by atoms with Gasteiger partial charge in [-0.1, -0.05) is 30.3 Å². The van der Waals surface area contributed by atoms with Crippen molar-refractivity contribution in [1.82, 2.24) is 0 Å². The van der Waals surface area contributed by atoms with Gasteiger partial charge in [-0.15, -0.1) is 0 Å². The van der Waals surface area contributed by atoms with Crippen LogP contribution >= 0.6 is 0 Å². The Labute approximate surface area is 99.2 Å². The first-order valence-electron chi connectivity index (χ1n) is 5.82. The molecule has 0 unspecified atom stereocenters. The van der Waals surface area contributed by atoms with Gasteiger partial charge in [0.05, 0.1) is 12.5 Å². The van der Waals surface area contributed by atoms with Gasteiger partial charge in [0.15, 0.2) is 0 Å². The highest BCUT2D eigenvalue weighted by Gasteiger charge is 2.44. The molecule has 0 amide bonds. The van der Waals surface area contributed by atoms with Crippen molar-refractivity contribution in [3.63, 3.8) is 0 Å². The summed E-state index contributed by atoms with van der Waals surface area (Å²) < 4.78 is 10.9. The highest BCUT2D eigenvalue weighted by Crippen LogP contribution is 2.37. The van der Waals surface area contributed by atoms with Crippen LogP contribution in [0.1, 0.15) is 24.5 Å². The number of aliphatic hydroxyl groups is 1. The third-order valence-corrected chi connectivity index (χ3v) is 3.33. The molecular formula is C13H14O4. The van der Waals surface area contributed by atoms with E-state index >= 15 is 0 Å². The number of aliphatic hydroxyl groups excluding tert-OH is 1. The van der Waals surface area contributed by atoms with E-state index in [1.54, 1.807) is 0 Å². The van der Waals surface area contributed by atoms with Crippen LogP contribution in [0.5, 0.6) is 0 Å². The molecule has 90 valence electrons. The predicted molar refractivity (Wildman–Crippen MR) is 59.2 cm³/mol. The highest BCUT2D eigenvalue weighted by molar-refractivity contribution is 5.71. The third-order valence-electron chi connectivity index (χ3n) is 3.33. The van der Waals surface area contributed by atoms with Crippen LogP contribution in [-0.2, 0) is 14.3 Å². The van der Waals surface area contributed by atoms with E-state index in [9.17, 15) is 9.90 Å². The lowest BCUT2D eigenvalue weighted by Crippen LogP contribution is -2.50. The van der Waals surface area contributed by atoms with Crippen molar-refractivity contribution < 1.29 is 19.4 Å². The van der Waals surface area contributed by atoms with Gasteiger partial charge in [-0.2, -0.15) is 0 Å². The van der Waals surface area contributed by atoms with Crippen LogP contribution in [0.4, 0.5) is 0 Å². The molecule has 1 N–H and O–H groups in total. The van der Waals surface area contributed by atoms with E-state index in [4.69, 9.17) is 9.47 Å². The molecule has 1 aromatic carbocycles. The summed E-state index contributed by atoms with van der Waals surface area (Å²) in [5.41, 5.74) is 0.924. The Balaban J connectivity index is 1.86. The minimum Gasteiger partial charge on any atom is -0.459 e. The van der Waals surface area contributed by atoms with E-state index in [1.165, 1.54) is 0 Å². The Kier molecular flexibility index (Phi) is 2.61. The average molecular weight is 234 g/mol. The minimum absolute atomic E-state index is 0.130. The number of hydrogen-bond donors (Lipinski definition) is 1. The maximum atomic E-state index is 11.3. The van der Waals surface area contributed by atoms with E-state index in [2.05, 4.69) is 0 Å². The molecule has 2 bridgehead atoms. The van der Waals surface area contributed by atoms with Crippen molar-refractivity contribution >= 4 is 5.97 Å². The van der Waals surface area contributed by atoms with Gasteiger partial charge in [0, 0.05) is 6.42 Å². The van der Waals surface area contributed by atoms with Crippen molar-refractivity contribution in [1.29, 1.82) is 0 Å². The zero-order valence-electron chi connectivity index (χ0n) is 9.28. The molecule has 2 saturated heterocycles. The van der Waals surface area contributed by atoms with Crippen molar-refractivity contribution in [2.24, 2.45) is 0 Å². The van der Waals surface area contributed by atoms with Gasteiger partial charge >= 0.3 is 5.97 Å². The van der Waals surface area contributed by atoms with E-state index in [0.717, 1.165) is 5.56 Å². The first-order valence-corrected chi connectivity index (χ1v) is 5.82. The van der Waals surface area contributed by atoms with Crippen LogP contribution in [-0.4, -0.2) is 29.4 Å². The summed E-state index contributed by atoms with van der Waals surface area (Å²) in [4.78, 5) is 11.3. The van der Waals surface area contributed by atoms with Gasteiger partial charge in [-0.25, -0.2) is 0 Å². The summed E-state index contributed by atoms with van der Waals surface area (Å²) in [6.07, 6.45) is -0.857. The fraction of sp³-hybridized carbons (Fsp3) is 0.462. The second-order valence-corrected chi connectivity index (χ2v) is 4.55. The predicted octanol–water partition coefficient (Wildman–Crippen LogP) is 1.19. The third kappa shape index (κ3) is 1.94. The van der Waals surface area contributed by atoms with Gasteiger partial charge in [0.2, 0.25) is 0 Å². The van der Waals surface area contributed by atoms with E-state index in [0.29, 0.717) is 6.42 Å². The van der Waals surface area contributed by atoms with Gasteiger partial charge in [0.1, 0.15) is 18.3 Å². The normalized spacial score (nSPS) is 36.4. The van der Waals surface area contributed by atoms with E-state index in [1.807, 2.05) is 30.3 Å². The molecule has 1 aromatic rings. The molecule has 0 aliphatic carbocycles. The molecule has 0 saturated carbocycles. The molecule has 4 heteroatoms. The van der Waals surface area contributed by atoms with Crippen LogP contribution in [0, 0.1) is 0 Å². The maximum absolute atomic E-state index is 11.3. The largest absolute Gasteiger partial charge is 0.459 e. The molecule has 0 radical (unpaired) electrons. The second kappa shape index (κ2) is 4.13. The Morgan fingerprint density at radius 3 is 2.76 bits per heavy atom. The standard InChI is InChI=1S/C13H14O4/c14-11-7-9-6-10(17-11)12(15)13(16-9)8-4-2-1-3-5-8/h1-5,9-10,12-13,15H,6-7H2/t9-,10+,12+,13-/m1/s1. The summed E-state index contributed by atoms with van der Waals surface area (Å²) in [6, 6.07) is 9.55. The fourth-order valence-corrected chi connectivity index (χ4v) is 2.51. The molecule has 17 heavy (non-hydrogen) atoms. The topological polar surface area (TPSA) is 55.8 Å². The number of rotatable bonds is 1. The summed E-state index contributed by atoms with van der Waals surface area (Å²) in [5, 5.41) is 10.1. The Bertz CT molecular complexity index is 417. The van der Waals surface area contributed by atoms with Crippen molar-refractivity contribution in [3.05, 3.63) is 35.9 Å². The van der Waals surface area contributed by atoms with Gasteiger partial charge < -0.3 is 14.6 Å². The highest BCUT2D eigenvalue weighted by atomic mass is 16.6. The quantitative estimate of drug-likeness (QED) is 0.742. The molecule has 4 nitrogen and oxygen atoms in total. The van der Waals surface area contributed by atoms with Gasteiger partial charge in [0.25, 0.3) is 0 Å². The van der Waals surface area contributed by atoms with Crippen LogP contribution in [0.2, 0.25) is 0 Å². The Morgan fingerprint density at radius 1 is 1.24 bits per heavy atom. The van der Waals surface area contributed by atoms with E-state index in [-0.39, 0.29) is 18.5 Å². The Hall–Kier alpha value is -1.39. The van der Waals surface area contributed by atoms with Crippen molar-refractivity contribution in [2.75, 3.05) is 0 Å². The lowest BCUT2D eigenvalue weighted by molar-refractivity contribution is -0.218. The van der Waals surface area contributed by atoms with Crippen molar-refractivity contribution in [3.8, 4) is 0 Å². The summed E-state index contributed by atoms with van der Waals surface area (Å²) in [7, 11) is 0. The lowest BCUT2D eigenvalue weighted by Gasteiger charge is -2.42. The molecule has 3 rings (SSSR count). The summed E-state index contributed by atoms with van der Waals surface area (Å²) >= 11 is 0. The monoisotopic (exact) mass is 234 g/mol. The zero-order chi connectivity index (χ0) is 11.8. The minimum atomic E-state index is -0.780. The zero-order valence-corrected chi connectivity index (χ0v) is 9.28. The Morgan fingerprint density at radius 2 is 2.00 bits per heavy atom. The number of carbonyl (C=O) groups excluding carboxylic acids is 1. The van der Waals surface area contributed by atoms with E-state index < -0.39 is 18.3 Å². The van der Waals surface area contributed by atoms with Crippen LogP contribution in [0.15, 0.2) is 30.3 Å². The van der Waals surface area contributed by atoms with Gasteiger partial charge in [-0.05, 0) is 5.56 Å². The fourth-order valence-electron chi connectivity index (χ4n) is 2.51. The SMILES string of the molecule is O=C1C[C@H]2C[C@H](O1)[C@H](O)[C@@H](c1ccccc1)O2. The lowest BCUT2D eigenvalue weighted by atomic mass is 9.90. The molecule has 2 aliphatic rings. The van der Waals surface area contributed by atoms with Crippen LogP contribution in [0.25, 0.3) is 0 Å². The van der Waals surface area contributed by atoms with Crippen LogP contribution in [0.3, 0.4) is 0 Å². The molecule has 2 heterocycles. The van der Waals surface area contributed by atoms with Gasteiger partial charge in [-0.3, -0.25) is 4.79 Å². The molecule has 2 aliphatic heterocycles. The number of esters is 1. The molecular weight excluding hydrogens is 220 g/mol. The smallest absolute Gasteiger partial charge is 0.308 e. The number of carbonyl (C=O) groups is 1. The van der Waals surface area contributed by atoms with Crippen LogP contribution < -0.4 is 0 Å². The second-order valence-electron chi connectivity index (χ2n) is 4.55. The summed E-state index contributed by atoms with van der Waals surface area (Å²) in [6.45, 7) is 0. The number of hydrogen-bond acceptors (Lipinski definition) is 4. The number of ether oxygens (including phenoxy) is 2. The average Bonchev–Trinajstić information content (AvgIpc) is 2.34. The molecule has 2 fully saturated rings. The first-order chi connectivity index (χ1) is 8.24. The van der Waals surface area contributed by atoms with Crippen molar-refractivity contribution in [2.45, 2.75) is 37.3 Å². The molecule has 0 aromatic heterocycles. The number of benzene rings is 1. The first kappa shape index (κ1) is 10.7.